The van der Waals surface area contributed by atoms with E-state index in [1.807, 2.05) is 30.3 Å². The summed E-state index contributed by atoms with van der Waals surface area (Å²) in [7, 11) is 0. The van der Waals surface area contributed by atoms with Gasteiger partial charge < -0.3 is 15.0 Å². The molecule has 5 heteroatoms. The fourth-order valence-electron chi connectivity index (χ4n) is 2.75. The number of nitrogens with zero attached hydrogens (tertiary/aromatic N) is 2. The van der Waals surface area contributed by atoms with E-state index in [0.29, 0.717) is 24.9 Å². The molecular weight excluding hydrogens is 254 g/mol. The van der Waals surface area contributed by atoms with E-state index >= 15 is 0 Å². The largest absolute Gasteiger partial charge is 0.485 e. The normalized spacial score (nSPS) is 17.2. The van der Waals surface area contributed by atoms with E-state index in [9.17, 15) is 0 Å². The standard InChI is InChI=1S/C15H19N3O2/c16-11-15(8-4-5-9-15)14-17-13(18-20-14)10-19-12-6-2-1-3-7-12/h1-3,6-7H,4-5,8-11,16H2. The van der Waals surface area contributed by atoms with Crippen molar-refractivity contribution in [2.45, 2.75) is 37.7 Å². The zero-order valence-electron chi connectivity index (χ0n) is 11.4. The monoisotopic (exact) mass is 273 g/mol. The minimum Gasteiger partial charge on any atom is -0.485 e. The van der Waals surface area contributed by atoms with Crippen molar-refractivity contribution in [1.82, 2.24) is 10.1 Å². The van der Waals surface area contributed by atoms with Gasteiger partial charge in [-0.25, -0.2) is 0 Å². The van der Waals surface area contributed by atoms with Gasteiger partial charge in [0.25, 0.3) is 0 Å². The molecule has 0 spiro atoms. The molecule has 106 valence electrons. The van der Waals surface area contributed by atoms with Crippen LogP contribution in [0.4, 0.5) is 0 Å². The van der Waals surface area contributed by atoms with Gasteiger partial charge in [-0.3, -0.25) is 0 Å². The molecule has 0 radical (unpaired) electrons. The summed E-state index contributed by atoms with van der Waals surface area (Å²) in [6, 6.07) is 9.61. The van der Waals surface area contributed by atoms with Crippen molar-refractivity contribution in [3.05, 3.63) is 42.0 Å². The van der Waals surface area contributed by atoms with E-state index < -0.39 is 0 Å². The van der Waals surface area contributed by atoms with Gasteiger partial charge in [0, 0.05) is 6.54 Å². The van der Waals surface area contributed by atoms with Crippen LogP contribution in [0.5, 0.6) is 5.75 Å². The van der Waals surface area contributed by atoms with Crippen molar-refractivity contribution >= 4 is 0 Å². The number of para-hydroxylation sites is 1. The fourth-order valence-corrected chi connectivity index (χ4v) is 2.75. The van der Waals surface area contributed by atoms with E-state index in [-0.39, 0.29) is 5.41 Å². The maximum Gasteiger partial charge on any atom is 0.234 e. The predicted molar refractivity (Wildman–Crippen MR) is 74.3 cm³/mol. The smallest absolute Gasteiger partial charge is 0.234 e. The molecule has 5 nitrogen and oxygen atoms in total. The molecule has 0 aliphatic heterocycles. The van der Waals surface area contributed by atoms with Gasteiger partial charge in [-0.05, 0) is 25.0 Å². The summed E-state index contributed by atoms with van der Waals surface area (Å²) in [5.41, 5.74) is 5.80. The van der Waals surface area contributed by atoms with Gasteiger partial charge in [0.2, 0.25) is 11.7 Å². The lowest BCUT2D eigenvalue weighted by atomic mass is 9.86. The first kappa shape index (κ1) is 13.1. The molecule has 1 aliphatic rings. The SMILES string of the molecule is NCC1(c2nc(COc3ccccc3)no2)CCCC1. The molecule has 3 rings (SSSR count). The van der Waals surface area contributed by atoms with Crippen molar-refractivity contribution in [3.8, 4) is 5.75 Å². The third kappa shape index (κ3) is 2.54. The van der Waals surface area contributed by atoms with Crippen LogP contribution in [0.2, 0.25) is 0 Å². The van der Waals surface area contributed by atoms with E-state index in [0.717, 1.165) is 18.6 Å². The minimum absolute atomic E-state index is 0.113. The summed E-state index contributed by atoms with van der Waals surface area (Å²) in [4.78, 5) is 4.47. The van der Waals surface area contributed by atoms with Gasteiger partial charge in [0.1, 0.15) is 5.75 Å². The molecule has 1 heterocycles. The lowest BCUT2D eigenvalue weighted by Gasteiger charge is -2.21. The van der Waals surface area contributed by atoms with Crippen LogP contribution in [0, 0.1) is 0 Å². The number of ether oxygens (including phenoxy) is 1. The summed E-state index contributed by atoms with van der Waals surface area (Å²) in [6.45, 7) is 0.877. The number of benzene rings is 1. The average molecular weight is 273 g/mol. The average Bonchev–Trinajstić information content (AvgIpc) is 3.16. The number of hydrogen-bond acceptors (Lipinski definition) is 5. The topological polar surface area (TPSA) is 74.2 Å². The molecular formula is C15H19N3O2. The Morgan fingerprint density at radius 1 is 1.20 bits per heavy atom. The van der Waals surface area contributed by atoms with Crippen LogP contribution in [0.15, 0.2) is 34.9 Å². The summed E-state index contributed by atoms with van der Waals surface area (Å²) < 4.78 is 11.0. The number of hydrogen-bond donors (Lipinski definition) is 1. The molecule has 1 saturated carbocycles. The Bertz CT molecular complexity index is 547. The Labute approximate surface area is 118 Å². The van der Waals surface area contributed by atoms with E-state index in [2.05, 4.69) is 10.1 Å². The van der Waals surface area contributed by atoms with E-state index in [4.69, 9.17) is 15.0 Å². The Kier molecular flexibility index (Phi) is 3.69. The molecule has 0 amide bonds. The van der Waals surface area contributed by atoms with Crippen LogP contribution < -0.4 is 10.5 Å². The molecule has 2 N–H and O–H groups in total. The van der Waals surface area contributed by atoms with Gasteiger partial charge >= 0.3 is 0 Å². The molecule has 0 atom stereocenters. The summed E-state index contributed by atoms with van der Waals surface area (Å²) >= 11 is 0. The Morgan fingerprint density at radius 3 is 2.65 bits per heavy atom. The zero-order valence-corrected chi connectivity index (χ0v) is 11.4. The lowest BCUT2D eigenvalue weighted by molar-refractivity contribution is 0.269. The van der Waals surface area contributed by atoms with E-state index in [1.165, 1.54) is 12.8 Å². The highest BCUT2D eigenvalue weighted by Gasteiger charge is 2.39. The first-order valence-corrected chi connectivity index (χ1v) is 7.03. The van der Waals surface area contributed by atoms with Crippen molar-refractivity contribution in [3.63, 3.8) is 0 Å². The van der Waals surface area contributed by atoms with Crippen LogP contribution in [-0.4, -0.2) is 16.7 Å². The minimum atomic E-state index is -0.113. The highest BCUT2D eigenvalue weighted by atomic mass is 16.5. The third-order valence-electron chi connectivity index (χ3n) is 3.98. The molecule has 1 aromatic carbocycles. The Hall–Kier alpha value is -1.88. The second-order valence-corrected chi connectivity index (χ2v) is 5.31. The summed E-state index contributed by atoms with van der Waals surface area (Å²) in [5, 5.41) is 4.00. The number of rotatable bonds is 5. The first-order valence-electron chi connectivity index (χ1n) is 7.03. The third-order valence-corrected chi connectivity index (χ3v) is 3.98. The van der Waals surface area contributed by atoms with Crippen molar-refractivity contribution in [2.24, 2.45) is 5.73 Å². The maximum atomic E-state index is 5.92. The number of nitrogens with two attached hydrogens (primary N) is 1. The second-order valence-electron chi connectivity index (χ2n) is 5.31. The first-order chi connectivity index (χ1) is 9.82. The van der Waals surface area contributed by atoms with Gasteiger partial charge in [-0.15, -0.1) is 0 Å². The zero-order chi connectivity index (χ0) is 13.8. The predicted octanol–water partition coefficient (Wildman–Crippen LogP) is 2.42. The second kappa shape index (κ2) is 5.63. The van der Waals surface area contributed by atoms with Crippen LogP contribution >= 0.6 is 0 Å². The fraction of sp³-hybridized carbons (Fsp3) is 0.467. The van der Waals surface area contributed by atoms with E-state index in [1.54, 1.807) is 0 Å². The number of aromatic nitrogens is 2. The van der Waals surface area contributed by atoms with Crippen molar-refractivity contribution < 1.29 is 9.26 Å². The molecule has 0 unspecified atom stereocenters. The quantitative estimate of drug-likeness (QED) is 0.905. The molecule has 0 bridgehead atoms. The van der Waals surface area contributed by atoms with Crippen LogP contribution in [0.1, 0.15) is 37.4 Å². The molecule has 1 aromatic heterocycles. The van der Waals surface area contributed by atoms with Crippen LogP contribution in [0.25, 0.3) is 0 Å². The van der Waals surface area contributed by atoms with Gasteiger partial charge in [-0.2, -0.15) is 4.98 Å². The maximum absolute atomic E-state index is 5.92. The van der Waals surface area contributed by atoms with Crippen molar-refractivity contribution in [2.75, 3.05) is 6.54 Å². The van der Waals surface area contributed by atoms with Crippen LogP contribution in [-0.2, 0) is 12.0 Å². The Balaban J connectivity index is 1.68. The molecule has 1 aliphatic carbocycles. The molecule has 20 heavy (non-hydrogen) atoms. The molecule has 1 fully saturated rings. The van der Waals surface area contributed by atoms with Crippen LogP contribution in [0.3, 0.4) is 0 Å². The van der Waals surface area contributed by atoms with Gasteiger partial charge in [-0.1, -0.05) is 36.2 Å². The molecule has 2 aromatic rings. The lowest BCUT2D eigenvalue weighted by Crippen LogP contribution is -2.32. The molecule has 0 saturated heterocycles. The highest BCUT2D eigenvalue weighted by molar-refractivity contribution is 5.21. The highest BCUT2D eigenvalue weighted by Crippen LogP contribution is 2.39. The van der Waals surface area contributed by atoms with Crippen molar-refractivity contribution in [1.29, 1.82) is 0 Å². The van der Waals surface area contributed by atoms with Gasteiger partial charge in [0.05, 0.1) is 5.41 Å². The van der Waals surface area contributed by atoms with Gasteiger partial charge in [0.15, 0.2) is 6.61 Å². The Morgan fingerprint density at radius 2 is 1.95 bits per heavy atom. The summed E-state index contributed by atoms with van der Waals surface area (Å²) in [5.74, 6) is 2.04. The summed E-state index contributed by atoms with van der Waals surface area (Å²) in [6.07, 6.45) is 4.42.